The lowest BCUT2D eigenvalue weighted by Gasteiger charge is -2.32. The van der Waals surface area contributed by atoms with Crippen molar-refractivity contribution in [3.63, 3.8) is 0 Å². The Labute approximate surface area is 161 Å². The average molecular weight is 423 g/mol. The van der Waals surface area contributed by atoms with E-state index in [0.717, 1.165) is 24.0 Å². The third-order valence-electron chi connectivity index (χ3n) is 4.53. The molecule has 1 aliphatic heterocycles. The highest BCUT2D eigenvalue weighted by Crippen LogP contribution is 2.25. The normalized spacial score (nSPS) is 16.8. The number of hydrogen-bond donors (Lipinski definition) is 1. The van der Waals surface area contributed by atoms with Crippen LogP contribution in [0.4, 0.5) is 0 Å². The van der Waals surface area contributed by atoms with Gasteiger partial charge in [0.05, 0.1) is 0 Å². The van der Waals surface area contributed by atoms with Gasteiger partial charge in [0.25, 0.3) is 5.91 Å². The second-order valence-electron chi connectivity index (χ2n) is 6.40. The van der Waals surface area contributed by atoms with Crippen LogP contribution in [-0.2, 0) is 17.8 Å². The van der Waals surface area contributed by atoms with Gasteiger partial charge in [0.1, 0.15) is 5.75 Å². The molecule has 0 saturated heterocycles. The predicted octanol–water partition coefficient (Wildman–Crippen LogP) is 3.84. The van der Waals surface area contributed by atoms with E-state index in [-0.39, 0.29) is 5.91 Å². The number of nitrogens with one attached hydrogen (secondary N) is 1. The molecular weight excluding hydrogens is 400 g/mol. The van der Waals surface area contributed by atoms with Gasteiger partial charge < -0.3 is 10.1 Å². The van der Waals surface area contributed by atoms with Gasteiger partial charge in [-0.25, -0.2) is 0 Å². The molecule has 3 rings (SSSR count). The molecule has 1 aromatic heterocycles. The molecule has 25 heavy (non-hydrogen) atoms. The van der Waals surface area contributed by atoms with Gasteiger partial charge in [0.2, 0.25) is 0 Å². The van der Waals surface area contributed by atoms with Gasteiger partial charge >= 0.3 is 0 Å². The fourth-order valence-corrected chi connectivity index (χ4v) is 4.09. The molecule has 0 spiro atoms. The number of carbonyl (C=O) groups is 1. The molecule has 134 valence electrons. The van der Waals surface area contributed by atoms with E-state index in [2.05, 4.69) is 44.5 Å². The minimum Gasteiger partial charge on any atom is -0.481 e. The fraction of sp³-hybridized carbons (Fsp3) is 0.421. The largest absolute Gasteiger partial charge is 0.481 e. The number of rotatable bonds is 6. The molecule has 2 unspecified atom stereocenters. The molecule has 2 atom stereocenters. The summed E-state index contributed by atoms with van der Waals surface area (Å²) in [5.74, 6) is 0.614. The standard InChI is InChI=1S/C19H23BrN2O2S/c1-13(22-9-7-18-15(12-22)8-10-25-18)11-21-19(23)14(2)24-17-5-3-16(20)4-6-17/h3-6,8,10,13-14H,7,9,11-12H2,1-2H3,(H,21,23). The number of hydrogen-bond acceptors (Lipinski definition) is 4. The highest BCUT2D eigenvalue weighted by Gasteiger charge is 2.22. The number of halogens is 1. The van der Waals surface area contributed by atoms with E-state index < -0.39 is 6.10 Å². The zero-order valence-corrected chi connectivity index (χ0v) is 16.9. The lowest BCUT2D eigenvalue weighted by Crippen LogP contribution is -2.46. The summed E-state index contributed by atoms with van der Waals surface area (Å²) in [6, 6.07) is 10.0. The minimum absolute atomic E-state index is 0.0806. The lowest BCUT2D eigenvalue weighted by atomic mass is 10.1. The van der Waals surface area contributed by atoms with Crippen molar-refractivity contribution < 1.29 is 9.53 Å². The number of benzene rings is 1. The van der Waals surface area contributed by atoms with Crippen LogP contribution in [0.15, 0.2) is 40.2 Å². The third kappa shape index (κ3) is 4.84. The van der Waals surface area contributed by atoms with Crippen LogP contribution in [-0.4, -0.2) is 36.0 Å². The summed E-state index contributed by atoms with van der Waals surface area (Å²) >= 11 is 5.24. The van der Waals surface area contributed by atoms with Crippen molar-refractivity contribution in [2.75, 3.05) is 13.1 Å². The van der Waals surface area contributed by atoms with Crippen LogP contribution in [0, 0.1) is 0 Å². The summed E-state index contributed by atoms with van der Waals surface area (Å²) in [4.78, 5) is 16.2. The van der Waals surface area contributed by atoms with Gasteiger partial charge in [0.15, 0.2) is 6.10 Å². The lowest BCUT2D eigenvalue weighted by molar-refractivity contribution is -0.127. The number of thiophene rings is 1. The van der Waals surface area contributed by atoms with Crippen LogP contribution in [0.5, 0.6) is 5.75 Å². The van der Waals surface area contributed by atoms with Crippen molar-refractivity contribution in [3.05, 3.63) is 50.6 Å². The highest BCUT2D eigenvalue weighted by atomic mass is 79.9. The minimum atomic E-state index is -0.516. The Hall–Kier alpha value is -1.37. The van der Waals surface area contributed by atoms with Crippen molar-refractivity contribution in [1.29, 1.82) is 0 Å². The summed E-state index contributed by atoms with van der Waals surface area (Å²) in [7, 11) is 0. The fourth-order valence-electron chi connectivity index (χ4n) is 2.94. The van der Waals surface area contributed by atoms with Crippen molar-refractivity contribution in [2.45, 2.75) is 39.0 Å². The third-order valence-corrected chi connectivity index (χ3v) is 6.08. The van der Waals surface area contributed by atoms with E-state index in [4.69, 9.17) is 4.74 Å². The van der Waals surface area contributed by atoms with Crippen molar-refractivity contribution in [1.82, 2.24) is 10.2 Å². The monoisotopic (exact) mass is 422 g/mol. The molecule has 1 amide bonds. The van der Waals surface area contributed by atoms with Crippen LogP contribution in [0.25, 0.3) is 0 Å². The van der Waals surface area contributed by atoms with E-state index in [1.54, 1.807) is 6.92 Å². The van der Waals surface area contributed by atoms with Crippen LogP contribution in [0.2, 0.25) is 0 Å². The van der Waals surface area contributed by atoms with Crippen molar-refractivity contribution >= 4 is 33.2 Å². The maximum atomic E-state index is 12.3. The number of carbonyl (C=O) groups excluding carboxylic acids is 1. The number of amides is 1. The first-order valence-corrected chi connectivity index (χ1v) is 10.2. The number of fused-ring (bicyclic) bond motifs is 1. The summed E-state index contributed by atoms with van der Waals surface area (Å²) in [5, 5.41) is 5.19. The molecule has 0 radical (unpaired) electrons. The highest BCUT2D eigenvalue weighted by molar-refractivity contribution is 9.10. The molecule has 1 N–H and O–H groups in total. The smallest absolute Gasteiger partial charge is 0.260 e. The first kappa shape index (κ1) is 18.4. The summed E-state index contributed by atoms with van der Waals surface area (Å²) in [6.45, 7) is 6.60. The Kier molecular flexibility index (Phi) is 6.15. The first-order valence-electron chi connectivity index (χ1n) is 8.52. The summed E-state index contributed by atoms with van der Waals surface area (Å²) in [6.07, 6.45) is 0.590. The molecule has 4 nitrogen and oxygen atoms in total. The molecule has 0 bridgehead atoms. The van der Waals surface area contributed by atoms with E-state index in [1.807, 2.05) is 35.6 Å². The molecule has 2 aromatic rings. The van der Waals surface area contributed by atoms with Crippen molar-refractivity contribution in [2.24, 2.45) is 0 Å². The number of nitrogens with zero attached hydrogens (tertiary/aromatic N) is 1. The Morgan fingerprint density at radius 3 is 2.84 bits per heavy atom. The molecule has 6 heteroatoms. The number of ether oxygens (including phenoxy) is 1. The van der Waals surface area contributed by atoms with Crippen LogP contribution in [0.3, 0.4) is 0 Å². The topological polar surface area (TPSA) is 41.6 Å². The van der Waals surface area contributed by atoms with Gasteiger partial charge in [-0.3, -0.25) is 9.69 Å². The zero-order valence-electron chi connectivity index (χ0n) is 14.5. The van der Waals surface area contributed by atoms with Crippen LogP contribution in [0.1, 0.15) is 24.3 Å². The van der Waals surface area contributed by atoms with Gasteiger partial charge in [-0.15, -0.1) is 11.3 Å². The second-order valence-corrected chi connectivity index (χ2v) is 8.31. The van der Waals surface area contributed by atoms with Crippen molar-refractivity contribution in [3.8, 4) is 5.75 Å². The Morgan fingerprint density at radius 2 is 2.08 bits per heavy atom. The zero-order chi connectivity index (χ0) is 17.8. The van der Waals surface area contributed by atoms with Crippen LogP contribution < -0.4 is 10.1 Å². The quantitative estimate of drug-likeness (QED) is 0.768. The van der Waals surface area contributed by atoms with Gasteiger partial charge in [-0.2, -0.15) is 0 Å². The molecular formula is C19H23BrN2O2S. The molecule has 2 heterocycles. The van der Waals surface area contributed by atoms with Gasteiger partial charge in [-0.1, -0.05) is 15.9 Å². The van der Waals surface area contributed by atoms with E-state index in [0.29, 0.717) is 18.3 Å². The predicted molar refractivity (Wildman–Crippen MR) is 105 cm³/mol. The summed E-state index contributed by atoms with van der Waals surface area (Å²) < 4.78 is 6.69. The molecule has 0 saturated carbocycles. The molecule has 1 aromatic carbocycles. The van der Waals surface area contributed by atoms with Crippen LogP contribution >= 0.6 is 27.3 Å². The second kappa shape index (κ2) is 8.34. The Balaban J connectivity index is 1.46. The maximum absolute atomic E-state index is 12.3. The van der Waals surface area contributed by atoms with E-state index in [1.165, 1.54) is 10.4 Å². The molecule has 0 fully saturated rings. The average Bonchev–Trinajstić information content (AvgIpc) is 3.08. The molecule has 1 aliphatic rings. The van der Waals surface area contributed by atoms with Gasteiger partial charge in [-0.05, 0) is 61.5 Å². The van der Waals surface area contributed by atoms with Gasteiger partial charge in [0, 0.05) is 35.0 Å². The van der Waals surface area contributed by atoms with E-state index >= 15 is 0 Å². The Morgan fingerprint density at radius 1 is 1.32 bits per heavy atom. The SMILES string of the molecule is CC(Oc1ccc(Br)cc1)C(=O)NCC(C)N1CCc2sccc2C1. The Bertz CT molecular complexity index is 716. The maximum Gasteiger partial charge on any atom is 0.260 e. The molecule has 0 aliphatic carbocycles. The summed E-state index contributed by atoms with van der Waals surface area (Å²) in [5.41, 5.74) is 1.43. The first-order chi connectivity index (χ1) is 12.0. The van der Waals surface area contributed by atoms with E-state index in [9.17, 15) is 4.79 Å².